The number of aliphatic hydroxyl groups is 1. The summed E-state index contributed by atoms with van der Waals surface area (Å²) in [5.74, 6) is 0.654. The van der Waals surface area contributed by atoms with Gasteiger partial charge in [0, 0.05) is 22.7 Å². The van der Waals surface area contributed by atoms with Crippen LogP contribution in [0.4, 0.5) is 0 Å². The van der Waals surface area contributed by atoms with Crippen molar-refractivity contribution in [1.29, 1.82) is 0 Å². The van der Waals surface area contributed by atoms with Crippen molar-refractivity contribution in [2.24, 2.45) is 0 Å². The normalized spacial score (nSPS) is 18.8. The number of likely N-dealkylation sites (tertiary alicyclic amines) is 1. The zero-order valence-electron chi connectivity index (χ0n) is 11.4. The first-order valence-electron chi connectivity index (χ1n) is 6.58. The number of ether oxygens (including phenoxy) is 1. The Morgan fingerprint density at radius 3 is 3.10 bits per heavy atom. The second-order valence-corrected chi connectivity index (χ2v) is 5.65. The third-order valence-electron chi connectivity index (χ3n) is 3.47. The summed E-state index contributed by atoms with van der Waals surface area (Å²) in [5.41, 5.74) is 0.843. The molecule has 1 atom stereocenters. The summed E-state index contributed by atoms with van der Waals surface area (Å²) in [4.78, 5) is 13.9. The molecule has 5 heteroatoms. The highest BCUT2D eigenvalue weighted by Crippen LogP contribution is 2.24. The molecule has 1 unspecified atom stereocenters. The highest BCUT2D eigenvalue weighted by atomic mass is 79.9. The lowest BCUT2D eigenvalue weighted by Crippen LogP contribution is -2.36. The fraction of sp³-hybridized carbons (Fsp3) is 0.400. The molecule has 0 spiro atoms. The van der Waals surface area contributed by atoms with E-state index in [2.05, 4.69) is 15.9 Å². The monoisotopic (exact) mass is 339 g/mol. The average Bonchev–Trinajstić information content (AvgIpc) is 2.93. The van der Waals surface area contributed by atoms with Crippen LogP contribution in [-0.2, 0) is 4.79 Å². The van der Waals surface area contributed by atoms with Gasteiger partial charge in [-0.15, -0.1) is 0 Å². The minimum atomic E-state index is -0.0661. The molecule has 108 valence electrons. The van der Waals surface area contributed by atoms with Crippen molar-refractivity contribution in [3.05, 3.63) is 34.3 Å². The summed E-state index contributed by atoms with van der Waals surface area (Å²) in [6.45, 7) is 0.740. The molecule has 2 rings (SSSR count). The SMILES string of the molecule is COc1ccc(Br)cc1C=CC(=O)N1CCCC1CO. The molecule has 1 aromatic rings. The quantitative estimate of drug-likeness (QED) is 0.857. The molecular formula is C15H18BrNO3. The number of hydrogen-bond donors (Lipinski definition) is 1. The molecule has 4 nitrogen and oxygen atoms in total. The van der Waals surface area contributed by atoms with Gasteiger partial charge < -0.3 is 14.7 Å². The Labute approximate surface area is 127 Å². The average molecular weight is 340 g/mol. The van der Waals surface area contributed by atoms with Gasteiger partial charge in [0.2, 0.25) is 5.91 Å². The van der Waals surface area contributed by atoms with Gasteiger partial charge in [-0.2, -0.15) is 0 Å². The van der Waals surface area contributed by atoms with Gasteiger partial charge in [-0.05, 0) is 37.1 Å². The maximum absolute atomic E-state index is 12.1. The third-order valence-corrected chi connectivity index (χ3v) is 3.96. The van der Waals surface area contributed by atoms with Crippen molar-refractivity contribution >= 4 is 27.9 Å². The molecule has 0 aromatic heterocycles. The molecule has 0 saturated carbocycles. The first kappa shape index (κ1) is 15.1. The third kappa shape index (κ3) is 3.41. The van der Waals surface area contributed by atoms with Crippen LogP contribution in [0.3, 0.4) is 0 Å². The van der Waals surface area contributed by atoms with E-state index in [1.165, 1.54) is 6.08 Å². The van der Waals surface area contributed by atoms with Crippen LogP contribution >= 0.6 is 15.9 Å². The number of halogens is 1. The Morgan fingerprint density at radius 2 is 2.40 bits per heavy atom. The minimum absolute atomic E-state index is 0.0276. The van der Waals surface area contributed by atoms with Crippen LogP contribution in [0.25, 0.3) is 6.08 Å². The van der Waals surface area contributed by atoms with Crippen LogP contribution in [0.15, 0.2) is 28.7 Å². The number of carbonyl (C=O) groups is 1. The number of benzene rings is 1. The highest BCUT2D eigenvalue weighted by molar-refractivity contribution is 9.10. The number of aliphatic hydroxyl groups excluding tert-OH is 1. The van der Waals surface area contributed by atoms with Crippen LogP contribution in [0, 0.1) is 0 Å². The molecule has 0 radical (unpaired) electrons. The molecule has 1 aliphatic rings. The minimum Gasteiger partial charge on any atom is -0.496 e. The Balaban J connectivity index is 2.12. The first-order valence-corrected chi connectivity index (χ1v) is 7.38. The van der Waals surface area contributed by atoms with E-state index >= 15 is 0 Å². The molecule has 1 aromatic carbocycles. The van der Waals surface area contributed by atoms with Gasteiger partial charge in [0.15, 0.2) is 0 Å². The second-order valence-electron chi connectivity index (χ2n) is 4.73. The number of rotatable bonds is 4. The number of carbonyl (C=O) groups excluding carboxylic acids is 1. The summed E-state index contributed by atoms with van der Waals surface area (Å²) >= 11 is 3.40. The van der Waals surface area contributed by atoms with E-state index in [4.69, 9.17) is 4.74 Å². The number of nitrogens with zero attached hydrogens (tertiary/aromatic N) is 1. The molecular weight excluding hydrogens is 322 g/mol. The Morgan fingerprint density at radius 1 is 1.60 bits per heavy atom. The van der Waals surface area contributed by atoms with Crippen LogP contribution in [0.5, 0.6) is 5.75 Å². The van der Waals surface area contributed by atoms with Gasteiger partial charge in [-0.1, -0.05) is 15.9 Å². The summed E-state index contributed by atoms with van der Waals surface area (Å²) in [6, 6.07) is 5.59. The summed E-state index contributed by atoms with van der Waals surface area (Å²) in [7, 11) is 1.60. The maximum Gasteiger partial charge on any atom is 0.246 e. The Kier molecular flexibility index (Phi) is 5.20. The van der Waals surface area contributed by atoms with E-state index in [0.717, 1.165) is 28.6 Å². The molecule has 20 heavy (non-hydrogen) atoms. The molecule has 1 N–H and O–H groups in total. The van der Waals surface area contributed by atoms with Crippen LogP contribution in [0.1, 0.15) is 18.4 Å². The molecule has 1 saturated heterocycles. The first-order chi connectivity index (χ1) is 9.65. The second kappa shape index (κ2) is 6.90. The zero-order chi connectivity index (χ0) is 14.5. The van der Waals surface area contributed by atoms with Crippen molar-refractivity contribution in [2.45, 2.75) is 18.9 Å². The van der Waals surface area contributed by atoms with E-state index in [0.29, 0.717) is 6.54 Å². The fourth-order valence-corrected chi connectivity index (χ4v) is 2.79. The lowest BCUT2D eigenvalue weighted by Gasteiger charge is -2.21. The zero-order valence-corrected chi connectivity index (χ0v) is 13.0. The van der Waals surface area contributed by atoms with E-state index in [-0.39, 0.29) is 18.6 Å². The maximum atomic E-state index is 12.1. The van der Waals surface area contributed by atoms with Crippen molar-refractivity contribution in [3.8, 4) is 5.75 Å². The highest BCUT2D eigenvalue weighted by Gasteiger charge is 2.26. The van der Waals surface area contributed by atoms with E-state index in [1.54, 1.807) is 18.1 Å². The Bertz CT molecular complexity index is 516. The molecule has 0 bridgehead atoms. The molecule has 1 amide bonds. The Hall–Kier alpha value is -1.33. The van der Waals surface area contributed by atoms with Crippen molar-refractivity contribution in [2.75, 3.05) is 20.3 Å². The lowest BCUT2D eigenvalue weighted by atomic mass is 10.2. The number of amides is 1. The van der Waals surface area contributed by atoms with Gasteiger partial charge in [0.1, 0.15) is 5.75 Å². The largest absolute Gasteiger partial charge is 0.496 e. The number of hydrogen-bond acceptors (Lipinski definition) is 3. The van der Waals surface area contributed by atoms with Gasteiger partial charge in [0.25, 0.3) is 0 Å². The van der Waals surface area contributed by atoms with E-state index in [9.17, 15) is 9.90 Å². The predicted octanol–water partition coefficient (Wildman–Crippen LogP) is 2.45. The fourth-order valence-electron chi connectivity index (χ4n) is 2.41. The summed E-state index contributed by atoms with van der Waals surface area (Å²) in [6.07, 6.45) is 5.11. The van der Waals surface area contributed by atoms with Crippen LogP contribution < -0.4 is 4.74 Å². The molecule has 1 fully saturated rings. The predicted molar refractivity (Wildman–Crippen MR) is 81.5 cm³/mol. The van der Waals surface area contributed by atoms with Crippen molar-refractivity contribution < 1.29 is 14.6 Å². The van der Waals surface area contributed by atoms with Gasteiger partial charge in [0.05, 0.1) is 19.8 Å². The topological polar surface area (TPSA) is 49.8 Å². The molecule has 1 heterocycles. The van der Waals surface area contributed by atoms with Crippen molar-refractivity contribution in [3.63, 3.8) is 0 Å². The smallest absolute Gasteiger partial charge is 0.246 e. The van der Waals surface area contributed by atoms with Crippen LogP contribution in [0.2, 0.25) is 0 Å². The van der Waals surface area contributed by atoms with Crippen molar-refractivity contribution in [1.82, 2.24) is 4.90 Å². The molecule has 0 aliphatic carbocycles. The van der Waals surface area contributed by atoms with E-state index < -0.39 is 0 Å². The molecule has 1 aliphatic heterocycles. The summed E-state index contributed by atoms with van der Waals surface area (Å²) < 4.78 is 6.19. The standard InChI is InChI=1S/C15H18BrNO3/c1-20-14-6-5-12(16)9-11(14)4-7-15(19)17-8-2-3-13(17)10-18/h4-7,9,13,18H,2-3,8,10H2,1H3. The van der Waals surface area contributed by atoms with Crippen LogP contribution in [-0.4, -0.2) is 42.2 Å². The van der Waals surface area contributed by atoms with Gasteiger partial charge in [-0.3, -0.25) is 4.79 Å². The number of methoxy groups -OCH3 is 1. The van der Waals surface area contributed by atoms with Gasteiger partial charge in [-0.25, -0.2) is 0 Å². The van der Waals surface area contributed by atoms with Gasteiger partial charge >= 0.3 is 0 Å². The lowest BCUT2D eigenvalue weighted by molar-refractivity contribution is -0.127. The summed E-state index contributed by atoms with van der Waals surface area (Å²) in [5, 5.41) is 9.24. The van der Waals surface area contributed by atoms with E-state index in [1.807, 2.05) is 18.2 Å².